The average molecular weight is 235 g/mol. The fourth-order valence-corrected chi connectivity index (χ4v) is 1.90. The Balaban J connectivity index is 2.34. The molecule has 1 aromatic rings. The largest absolute Gasteiger partial charge is 0.396 e. The molecule has 0 saturated carbocycles. The fraction of sp³-hybridized carbons (Fsp3) is 0.600. The summed E-state index contributed by atoms with van der Waals surface area (Å²) in [4.78, 5) is 0. The van der Waals surface area contributed by atoms with Crippen LogP contribution in [0.2, 0.25) is 0 Å². The summed E-state index contributed by atoms with van der Waals surface area (Å²) >= 11 is 0. The van der Waals surface area contributed by atoms with Crippen LogP contribution in [0.5, 0.6) is 0 Å². The van der Waals surface area contributed by atoms with Crippen molar-refractivity contribution in [1.82, 2.24) is 5.32 Å². The van der Waals surface area contributed by atoms with Gasteiger partial charge < -0.3 is 10.4 Å². The molecule has 2 heteroatoms. The van der Waals surface area contributed by atoms with Crippen LogP contribution in [0.1, 0.15) is 45.1 Å². The molecule has 0 unspecified atom stereocenters. The van der Waals surface area contributed by atoms with Gasteiger partial charge in [0.15, 0.2) is 0 Å². The van der Waals surface area contributed by atoms with Crippen molar-refractivity contribution in [3.63, 3.8) is 0 Å². The molecule has 17 heavy (non-hydrogen) atoms. The third-order valence-electron chi connectivity index (χ3n) is 2.88. The second-order valence-corrected chi connectivity index (χ2v) is 5.61. The van der Waals surface area contributed by atoms with E-state index in [1.54, 1.807) is 0 Å². The molecule has 96 valence electrons. The molecule has 2 nitrogen and oxygen atoms in total. The van der Waals surface area contributed by atoms with Crippen LogP contribution in [0.15, 0.2) is 30.3 Å². The Labute approximate surface area is 105 Å². The smallest absolute Gasteiger partial charge is 0.0499 e. The van der Waals surface area contributed by atoms with E-state index in [4.69, 9.17) is 0 Å². The minimum Gasteiger partial charge on any atom is -0.396 e. The SMILES string of the molecule is CC(C)(C)NCCC[C@H](CO)c1ccccc1. The predicted molar refractivity (Wildman–Crippen MR) is 73.3 cm³/mol. The molecule has 0 aliphatic heterocycles. The Hall–Kier alpha value is -0.860. The lowest BCUT2D eigenvalue weighted by Gasteiger charge is -2.21. The van der Waals surface area contributed by atoms with Crippen LogP contribution in [-0.2, 0) is 0 Å². The zero-order valence-electron chi connectivity index (χ0n) is 11.2. The highest BCUT2D eigenvalue weighted by Crippen LogP contribution is 2.20. The summed E-state index contributed by atoms with van der Waals surface area (Å²) in [5, 5.41) is 12.9. The van der Waals surface area contributed by atoms with Gasteiger partial charge in [0.1, 0.15) is 0 Å². The van der Waals surface area contributed by atoms with Crippen molar-refractivity contribution >= 4 is 0 Å². The summed E-state index contributed by atoms with van der Waals surface area (Å²) in [5.74, 6) is 0.276. The monoisotopic (exact) mass is 235 g/mol. The van der Waals surface area contributed by atoms with Gasteiger partial charge in [-0.25, -0.2) is 0 Å². The molecule has 0 heterocycles. The predicted octanol–water partition coefficient (Wildman–Crippen LogP) is 2.93. The van der Waals surface area contributed by atoms with E-state index >= 15 is 0 Å². The maximum Gasteiger partial charge on any atom is 0.0499 e. The molecule has 0 aliphatic rings. The van der Waals surface area contributed by atoms with E-state index in [-0.39, 0.29) is 18.1 Å². The molecule has 2 N–H and O–H groups in total. The molecule has 0 fully saturated rings. The zero-order chi connectivity index (χ0) is 12.7. The van der Waals surface area contributed by atoms with Crippen LogP contribution in [0.3, 0.4) is 0 Å². The Morgan fingerprint density at radius 2 is 1.82 bits per heavy atom. The molecule has 0 aromatic heterocycles. The first-order valence-electron chi connectivity index (χ1n) is 6.44. The second kappa shape index (κ2) is 6.77. The van der Waals surface area contributed by atoms with Crippen molar-refractivity contribution in [3.8, 4) is 0 Å². The van der Waals surface area contributed by atoms with Crippen LogP contribution in [-0.4, -0.2) is 23.8 Å². The summed E-state index contributed by atoms with van der Waals surface area (Å²) < 4.78 is 0. The van der Waals surface area contributed by atoms with Crippen molar-refractivity contribution in [2.75, 3.05) is 13.2 Å². The van der Waals surface area contributed by atoms with Gasteiger partial charge in [-0.1, -0.05) is 30.3 Å². The van der Waals surface area contributed by atoms with Gasteiger partial charge in [-0.2, -0.15) is 0 Å². The van der Waals surface area contributed by atoms with Gasteiger partial charge in [-0.05, 0) is 45.7 Å². The highest BCUT2D eigenvalue weighted by Gasteiger charge is 2.11. The number of aliphatic hydroxyl groups is 1. The number of rotatable bonds is 6. The van der Waals surface area contributed by atoms with E-state index in [9.17, 15) is 5.11 Å². The molecule has 0 saturated heterocycles. The van der Waals surface area contributed by atoms with E-state index < -0.39 is 0 Å². The van der Waals surface area contributed by atoms with Gasteiger partial charge in [0.2, 0.25) is 0 Å². The Morgan fingerprint density at radius 3 is 2.35 bits per heavy atom. The Morgan fingerprint density at radius 1 is 1.18 bits per heavy atom. The Bertz CT molecular complexity index is 302. The van der Waals surface area contributed by atoms with Crippen LogP contribution >= 0.6 is 0 Å². The summed E-state index contributed by atoms with van der Waals surface area (Å²) in [6.45, 7) is 7.77. The van der Waals surface area contributed by atoms with E-state index in [0.717, 1.165) is 19.4 Å². The first kappa shape index (κ1) is 14.2. The topological polar surface area (TPSA) is 32.3 Å². The molecule has 0 radical (unpaired) electrons. The first-order chi connectivity index (χ1) is 8.03. The summed E-state index contributed by atoms with van der Waals surface area (Å²) in [6, 6.07) is 10.3. The maximum absolute atomic E-state index is 9.42. The number of benzene rings is 1. The number of nitrogens with one attached hydrogen (secondary N) is 1. The quantitative estimate of drug-likeness (QED) is 0.743. The van der Waals surface area contributed by atoms with Crippen LogP contribution < -0.4 is 5.32 Å². The van der Waals surface area contributed by atoms with Gasteiger partial charge in [0, 0.05) is 18.1 Å². The third-order valence-corrected chi connectivity index (χ3v) is 2.88. The minimum atomic E-state index is 0.182. The molecular weight excluding hydrogens is 210 g/mol. The normalized spacial score (nSPS) is 13.6. The summed E-state index contributed by atoms with van der Waals surface area (Å²) in [7, 11) is 0. The number of hydrogen-bond donors (Lipinski definition) is 2. The van der Waals surface area contributed by atoms with Crippen LogP contribution in [0.25, 0.3) is 0 Å². The maximum atomic E-state index is 9.42. The van der Waals surface area contributed by atoms with Crippen molar-refractivity contribution in [2.24, 2.45) is 0 Å². The lowest BCUT2D eigenvalue weighted by atomic mass is 9.95. The minimum absolute atomic E-state index is 0.182. The van der Waals surface area contributed by atoms with E-state index in [0.29, 0.717) is 0 Å². The first-order valence-corrected chi connectivity index (χ1v) is 6.44. The van der Waals surface area contributed by atoms with Gasteiger partial charge in [0.05, 0.1) is 0 Å². The zero-order valence-corrected chi connectivity index (χ0v) is 11.2. The standard InChI is InChI=1S/C15H25NO/c1-15(2,3)16-11-7-10-14(12-17)13-8-5-4-6-9-13/h4-6,8-9,14,16-17H,7,10-12H2,1-3H3/t14-/m1/s1. The summed E-state index contributed by atoms with van der Waals surface area (Å²) in [6.07, 6.45) is 2.13. The molecule has 1 atom stereocenters. The third kappa shape index (κ3) is 5.85. The van der Waals surface area contributed by atoms with E-state index in [1.165, 1.54) is 5.56 Å². The van der Waals surface area contributed by atoms with Crippen molar-refractivity contribution < 1.29 is 5.11 Å². The van der Waals surface area contributed by atoms with E-state index in [1.807, 2.05) is 18.2 Å². The fourth-order valence-electron chi connectivity index (χ4n) is 1.90. The highest BCUT2D eigenvalue weighted by molar-refractivity contribution is 5.19. The molecule has 0 spiro atoms. The van der Waals surface area contributed by atoms with Crippen LogP contribution in [0, 0.1) is 0 Å². The van der Waals surface area contributed by atoms with Crippen molar-refractivity contribution in [1.29, 1.82) is 0 Å². The lowest BCUT2D eigenvalue weighted by Crippen LogP contribution is -2.36. The molecular formula is C15H25NO. The van der Waals surface area contributed by atoms with E-state index in [2.05, 4.69) is 38.2 Å². The van der Waals surface area contributed by atoms with Crippen molar-refractivity contribution in [2.45, 2.75) is 45.1 Å². The number of hydrogen-bond acceptors (Lipinski definition) is 2. The van der Waals surface area contributed by atoms with Gasteiger partial charge in [0.25, 0.3) is 0 Å². The van der Waals surface area contributed by atoms with Gasteiger partial charge >= 0.3 is 0 Å². The molecule has 0 aliphatic carbocycles. The molecule has 1 rings (SSSR count). The summed E-state index contributed by atoms with van der Waals surface area (Å²) in [5.41, 5.74) is 1.42. The molecule has 0 amide bonds. The lowest BCUT2D eigenvalue weighted by molar-refractivity contribution is 0.256. The Kier molecular flexibility index (Phi) is 5.66. The van der Waals surface area contributed by atoms with Crippen molar-refractivity contribution in [3.05, 3.63) is 35.9 Å². The molecule has 0 bridgehead atoms. The second-order valence-electron chi connectivity index (χ2n) is 5.61. The highest BCUT2D eigenvalue weighted by atomic mass is 16.3. The van der Waals surface area contributed by atoms with Gasteiger partial charge in [-0.3, -0.25) is 0 Å². The average Bonchev–Trinajstić information content (AvgIpc) is 2.29. The van der Waals surface area contributed by atoms with Crippen LogP contribution in [0.4, 0.5) is 0 Å². The molecule has 1 aromatic carbocycles. The van der Waals surface area contributed by atoms with Gasteiger partial charge in [-0.15, -0.1) is 0 Å². The number of aliphatic hydroxyl groups excluding tert-OH is 1.